The third kappa shape index (κ3) is 7.68. The van der Waals surface area contributed by atoms with Gasteiger partial charge in [-0.25, -0.2) is 0 Å². The zero-order valence-corrected chi connectivity index (χ0v) is 20.5. The first-order chi connectivity index (χ1) is 14.8. The standard InChI is InChI=1S/C26H29ClN2O.2ClH/c27-25-12-6-4-11-23(25)20-30-26-13-7-5-10-22(26)18-28-24-14-16-29(17-15-24)19-21-8-2-1-3-9-21;;/h1-13,24,28H,14-20H2;2*1H. The number of nitrogens with one attached hydrogen (secondary N) is 1. The molecule has 0 spiro atoms. The summed E-state index contributed by atoms with van der Waals surface area (Å²) in [5.74, 6) is 0.923. The summed E-state index contributed by atoms with van der Waals surface area (Å²) in [6.45, 7) is 4.62. The van der Waals surface area contributed by atoms with Crippen LogP contribution >= 0.6 is 36.4 Å². The summed E-state index contributed by atoms with van der Waals surface area (Å²) in [4.78, 5) is 2.55. The van der Waals surface area contributed by atoms with Crippen LogP contribution in [0.1, 0.15) is 29.5 Å². The third-order valence-corrected chi connectivity index (χ3v) is 6.10. The van der Waals surface area contributed by atoms with Gasteiger partial charge in [0.2, 0.25) is 0 Å². The highest BCUT2D eigenvalue weighted by Gasteiger charge is 2.19. The Morgan fingerprint density at radius 1 is 0.812 bits per heavy atom. The Morgan fingerprint density at radius 2 is 1.44 bits per heavy atom. The number of likely N-dealkylation sites (tertiary alicyclic amines) is 1. The van der Waals surface area contributed by atoms with E-state index in [9.17, 15) is 0 Å². The molecule has 6 heteroatoms. The van der Waals surface area contributed by atoms with E-state index in [1.54, 1.807) is 0 Å². The monoisotopic (exact) mass is 492 g/mol. The second-order valence-corrected chi connectivity index (χ2v) is 8.31. The number of hydrogen-bond donors (Lipinski definition) is 1. The fraction of sp³-hybridized carbons (Fsp3) is 0.308. The Bertz CT molecular complexity index is 931. The molecule has 0 aliphatic carbocycles. The van der Waals surface area contributed by atoms with Crippen molar-refractivity contribution in [2.75, 3.05) is 13.1 Å². The minimum absolute atomic E-state index is 0. The molecule has 0 aromatic heterocycles. The molecule has 0 bridgehead atoms. The van der Waals surface area contributed by atoms with Crippen LogP contribution in [0, 0.1) is 0 Å². The maximum atomic E-state index is 6.26. The number of piperidine rings is 1. The first kappa shape index (κ1) is 26.5. The van der Waals surface area contributed by atoms with E-state index >= 15 is 0 Å². The predicted octanol–water partition coefficient (Wildman–Crippen LogP) is 6.52. The van der Waals surface area contributed by atoms with E-state index in [-0.39, 0.29) is 24.8 Å². The molecule has 3 nitrogen and oxygen atoms in total. The topological polar surface area (TPSA) is 24.5 Å². The van der Waals surface area contributed by atoms with E-state index in [1.165, 1.54) is 24.0 Å². The summed E-state index contributed by atoms with van der Waals surface area (Å²) in [5, 5.41) is 4.49. The number of rotatable bonds is 8. The Hall–Kier alpha value is -1.75. The van der Waals surface area contributed by atoms with Gasteiger partial charge >= 0.3 is 0 Å². The van der Waals surface area contributed by atoms with Crippen LogP contribution in [-0.4, -0.2) is 24.0 Å². The summed E-state index contributed by atoms with van der Waals surface area (Å²) in [7, 11) is 0. The largest absolute Gasteiger partial charge is 0.489 e. The zero-order valence-electron chi connectivity index (χ0n) is 18.1. The van der Waals surface area contributed by atoms with Gasteiger partial charge in [-0.05, 0) is 43.6 Å². The first-order valence-corrected chi connectivity index (χ1v) is 11.1. The first-order valence-electron chi connectivity index (χ1n) is 10.7. The Kier molecular flexibility index (Phi) is 11.4. The van der Waals surface area contributed by atoms with Gasteiger partial charge in [-0.3, -0.25) is 4.90 Å². The van der Waals surface area contributed by atoms with E-state index in [0.29, 0.717) is 12.6 Å². The maximum absolute atomic E-state index is 6.26. The second kappa shape index (κ2) is 13.7. The van der Waals surface area contributed by atoms with E-state index < -0.39 is 0 Å². The van der Waals surface area contributed by atoms with Crippen molar-refractivity contribution in [1.82, 2.24) is 10.2 Å². The minimum Gasteiger partial charge on any atom is -0.489 e. The lowest BCUT2D eigenvalue weighted by Crippen LogP contribution is -2.41. The van der Waals surface area contributed by atoms with Crippen LogP contribution in [0.15, 0.2) is 78.9 Å². The molecule has 0 amide bonds. The summed E-state index contributed by atoms with van der Waals surface area (Å²) in [5.41, 5.74) is 3.59. The normalized spacial score (nSPS) is 14.3. The summed E-state index contributed by atoms with van der Waals surface area (Å²) in [6.07, 6.45) is 2.35. The van der Waals surface area contributed by atoms with Gasteiger partial charge < -0.3 is 10.1 Å². The molecule has 1 heterocycles. The highest BCUT2D eigenvalue weighted by Crippen LogP contribution is 2.23. The van der Waals surface area contributed by atoms with Crippen molar-refractivity contribution < 1.29 is 4.74 Å². The smallest absolute Gasteiger partial charge is 0.124 e. The number of nitrogens with zero attached hydrogens (tertiary/aromatic N) is 1. The van der Waals surface area contributed by atoms with Crippen LogP contribution in [-0.2, 0) is 19.7 Å². The fourth-order valence-electron chi connectivity index (χ4n) is 3.95. The molecule has 1 fully saturated rings. The van der Waals surface area contributed by atoms with E-state index in [0.717, 1.165) is 42.5 Å². The Balaban J connectivity index is 0.00000181. The SMILES string of the molecule is Cl.Cl.Clc1ccccc1COc1ccccc1CNC1CCN(Cc2ccccc2)CC1. The van der Waals surface area contributed by atoms with Gasteiger partial charge in [-0.15, -0.1) is 24.8 Å². The molecule has 3 aromatic rings. The van der Waals surface area contributed by atoms with Crippen molar-refractivity contribution >= 4 is 36.4 Å². The van der Waals surface area contributed by atoms with E-state index in [1.807, 2.05) is 36.4 Å². The fourth-order valence-corrected chi connectivity index (χ4v) is 4.14. The summed E-state index contributed by atoms with van der Waals surface area (Å²) >= 11 is 6.26. The molecule has 0 saturated carbocycles. The summed E-state index contributed by atoms with van der Waals surface area (Å²) in [6, 6.07) is 27.4. The van der Waals surface area contributed by atoms with Gasteiger partial charge in [0.15, 0.2) is 0 Å². The molecular weight excluding hydrogens is 463 g/mol. The second-order valence-electron chi connectivity index (χ2n) is 7.90. The molecule has 1 aliphatic rings. The van der Waals surface area contributed by atoms with Gasteiger partial charge in [0.25, 0.3) is 0 Å². The molecule has 4 rings (SSSR count). The zero-order chi connectivity index (χ0) is 20.6. The minimum atomic E-state index is 0. The lowest BCUT2D eigenvalue weighted by Gasteiger charge is -2.32. The molecule has 172 valence electrons. The van der Waals surface area contributed by atoms with Crippen LogP contribution in [0.3, 0.4) is 0 Å². The Labute approximate surface area is 208 Å². The molecule has 3 aromatic carbocycles. The third-order valence-electron chi connectivity index (χ3n) is 5.73. The molecule has 0 radical (unpaired) electrons. The quantitative estimate of drug-likeness (QED) is 0.387. The van der Waals surface area contributed by atoms with Gasteiger partial charge in [-0.1, -0.05) is 78.3 Å². The van der Waals surface area contributed by atoms with Crippen molar-refractivity contribution in [1.29, 1.82) is 0 Å². The van der Waals surface area contributed by atoms with Crippen LogP contribution < -0.4 is 10.1 Å². The van der Waals surface area contributed by atoms with Crippen molar-refractivity contribution in [3.8, 4) is 5.75 Å². The number of hydrogen-bond acceptors (Lipinski definition) is 3. The molecular formula is C26H31Cl3N2O. The number of benzene rings is 3. The van der Waals surface area contributed by atoms with Crippen molar-refractivity contribution in [2.45, 2.75) is 38.6 Å². The van der Waals surface area contributed by atoms with Gasteiger partial charge in [0.05, 0.1) is 0 Å². The van der Waals surface area contributed by atoms with Crippen LogP contribution in [0.4, 0.5) is 0 Å². The van der Waals surface area contributed by atoms with Crippen LogP contribution in [0.2, 0.25) is 5.02 Å². The molecule has 0 atom stereocenters. The van der Waals surface area contributed by atoms with E-state index in [2.05, 4.69) is 52.7 Å². The predicted molar refractivity (Wildman–Crippen MR) is 138 cm³/mol. The van der Waals surface area contributed by atoms with Crippen LogP contribution in [0.5, 0.6) is 5.75 Å². The van der Waals surface area contributed by atoms with Crippen molar-refractivity contribution in [3.05, 3.63) is 101 Å². The lowest BCUT2D eigenvalue weighted by atomic mass is 10.0. The highest BCUT2D eigenvalue weighted by molar-refractivity contribution is 6.31. The van der Waals surface area contributed by atoms with Crippen molar-refractivity contribution in [2.24, 2.45) is 0 Å². The van der Waals surface area contributed by atoms with Gasteiger partial charge in [0.1, 0.15) is 12.4 Å². The van der Waals surface area contributed by atoms with Crippen LogP contribution in [0.25, 0.3) is 0 Å². The molecule has 1 saturated heterocycles. The molecule has 0 unspecified atom stereocenters. The molecule has 32 heavy (non-hydrogen) atoms. The van der Waals surface area contributed by atoms with E-state index in [4.69, 9.17) is 16.3 Å². The molecule has 1 N–H and O–H groups in total. The van der Waals surface area contributed by atoms with Gasteiger partial charge in [-0.2, -0.15) is 0 Å². The lowest BCUT2D eigenvalue weighted by molar-refractivity contribution is 0.189. The number of halogens is 3. The average molecular weight is 494 g/mol. The summed E-state index contributed by atoms with van der Waals surface area (Å²) < 4.78 is 6.09. The van der Waals surface area contributed by atoms with Gasteiger partial charge in [0, 0.05) is 35.3 Å². The Morgan fingerprint density at radius 3 is 2.16 bits per heavy atom. The maximum Gasteiger partial charge on any atom is 0.124 e. The van der Waals surface area contributed by atoms with Crippen molar-refractivity contribution in [3.63, 3.8) is 0 Å². The number of ether oxygens (including phenoxy) is 1. The number of para-hydroxylation sites is 1. The average Bonchev–Trinajstić information content (AvgIpc) is 2.79. The highest BCUT2D eigenvalue weighted by atomic mass is 35.5. The molecule has 1 aliphatic heterocycles.